The second kappa shape index (κ2) is 8.76. The summed E-state index contributed by atoms with van der Waals surface area (Å²) in [5.74, 6) is 0.635. The van der Waals surface area contributed by atoms with Crippen LogP contribution in [0.1, 0.15) is 16.7 Å². The third-order valence-electron chi connectivity index (χ3n) is 4.42. The highest BCUT2D eigenvalue weighted by Gasteiger charge is 2.19. The molecule has 0 spiro atoms. The van der Waals surface area contributed by atoms with E-state index in [1.807, 2.05) is 26.0 Å². The molecule has 6 heteroatoms. The third kappa shape index (κ3) is 5.02. The van der Waals surface area contributed by atoms with Gasteiger partial charge in [-0.2, -0.15) is 0 Å². The van der Waals surface area contributed by atoms with Crippen molar-refractivity contribution >= 4 is 25.5 Å². The standard InChI is InChI=1S/C23H22O4S2/c1-17-4-12-21(13-5-17)28(24)23(19-8-10-20(27-3)11-9-19)16-29(25,26)22-14-6-18(2)7-15-22/h4-16H,1-3H3/b23-16+. The van der Waals surface area contributed by atoms with Crippen molar-refractivity contribution in [3.63, 3.8) is 0 Å². The van der Waals surface area contributed by atoms with Crippen LogP contribution < -0.4 is 4.74 Å². The lowest BCUT2D eigenvalue weighted by Crippen LogP contribution is -2.03. The Labute approximate surface area is 174 Å². The zero-order valence-corrected chi connectivity index (χ0v) is 18.1. The van der Waals surface area contributed by atoms with E-state index in [1.165, 1.54) is 0 Å². The summed E-state index contributed by atoms with van der Waals surface area (Å²) >= 11 is 0. The van der Waals surface area contributed by atoms with E-state index in [4.69, 9.17) is 4.74 Å². The Morgan fingerprint density at radius 2 is 1.34 bits per heavy atom. The lowest BCUT2D eigenvalue weighted by Gasteiger charge is -2.10. The number of rotatable bonds is 6. The normalized spacial score (nSPS) is 13.1. The fourth-order valence-corrected chi connectivity index (χ4v) is 5.49. The van der Waals surface area contributed by atoms with E-state index in [2.05, 4.69) is 0 Å². The maximum atomic E-state index is 13.3. The zero-order valence-electron chi connectivity index (χ0n) is 16.5. The van der Waals surface area contributed by atoms with Crippen LogP contribution in [0.4, 0.5) is 0 Å². The van der Waals surface area contributed by atoms with Gasteiger partial charge in [0.2, 0.25) is 9.84 Å². The van der Waals surface area contributed by atoms with Gasteiger partial charge in [0.1, 0.15) is 5.75 Å². The summed E-state index contributed by atoms with van der Waals surface area (Å²) in [6.07, 6.45) is 0. The van der Waals surface area contributed by atoms with Crippen LogP contribution in [0, 0.1) is 13.8 Å². The van der Waals surface area contributed by atoms with Crippen LogP contribution in [-0.2, 0) is 20.6 Å². The first kappa shape index (κ1) is 21.0. The summed E-state index contributed by atoms with van der Waals surface area (Å²) in [7, 11) is -3.91. The van der Waals surface area contributed by atoms with Crippen molar-refractivity contribution in [1.29, 1.82) is 0 Å². The van der Waals surface area contributed by atoms with Gasteiger partial charge >= 0.3 is 0 Å². The summed E-state index contributed by atoms with van der Waals surface area (Å²) in [6.45, 7) is 3.83. The zero-order chi connectivity index (χ0) is 21.0. The SMILES string of the molecule is COc1ccc(/C(=C\S(=O)(=O)c2ccc(C)cc2)S(=O)c2ccc(C)cc2)cc1. The van der Waals surface area contributed by atoms with Gasteiger partial charge in [-0.3, -0.25) is 0 Å². The average Bonchev–Trinajstić information content (AvgIpc) is 2.72. The van der Waals surface area contributed by atoms with Gasteiger partial charge in [0.05, 0.1) is 33.1 Å². The molecule has 0 saturated carbocycles. The molecule has 0 fully saturated rings. The van der Waals surface area contributed by atoms with E-state index in [-0.39, 0.29) is 9.80 Å². The number of sulfone groups is 1. The maximum absolute atomic E-state index is 13.3. The molecule has 1 atom stereocenters. The van der Waals surface area contributed by atoms with Crippen molar-refractivity contribution in [3.05, 3.63) is 94.9 Å². The molecular weight excluding hydrogens is 404 g/mol. The molecule has 3 aromatic carbocycles. The maximum Gasteiger partial charge on any atom is 0.201 e. The number of hydrogen-bond donors (Lipinski definition) is 0. The average molecular weight is 427 g/mol. The van der Waals surface area contributed by atoms with Gasteiger partial charge in [0.15, 0.2) is 0 Å². The molecule has 29 heavy (non-hydrogen) atoms. The summed E-state index contributed by atoms with van der Waals surface area (Å²) in [4.78, 5) is 0.920. The Bertz CT molecular complexity index is 1140. The first-order chi connectivity index (χ1) is 13.8. The fourth-order valence-electron chi connectivity index (χ4n) is 2.70. The van der Waals surface area contributed by atoms with Crippen LogP contribution in [0.15, 0.2) is 88.0 Å². The molecule has 0 saturated heterocycles. The molecule has 0 aliphatic carbocycles. The molecular formula is C23H22O4S2. The van der Waals surface area contributed by atoms with Crippen molar-refractivity contribution in [2.75, 3.05) is 7.11 Å². The van der Waals surface area contributed by atoms with Gasteiger partial charge in [0.25, 0.3) is 0 Å². The van der Waals surface area contributed by atoms with Gasteiger partial charge < -0.3 is 4.74 Å². The van der Waals surface area contributed by atoms with E-state index in [1.54, 1.807) is 67.8 Å². The molecule has 4 nitrogen and oxygen atoms in total. The Kier molecular flexibility index (Phi) is 6.35. The third-order valence-corrected chi connectivity index (χ3v) is 7.50. The van der Waals surface area contributed by atoms with Crippen LogP contribution in [-0.4, -0.2) is 19.7 Å². The Morgan fingerprint density at radius 1 is 0.828 bits per heavy atom. The van der Waals surface area contributed by atoms with E-state index < -0.39 is 20.6 Å². The quantitative estimate of drug-likeness (QED) is 0.563. The lowest BCUT2D eigenvalue weighted by molar-refractivity contribution is 0.415. The molecule has 1 unspecified atom stereocenters. The van der Waals surface area contributed by atoms with Crippen molar-refractivity contribution in [2.45, 2.75) is 23.6 Å². The van der Waals surface area contributed by atoms with Crippen LogP contribution in [0.3, 0.4) is 0 Å². The molecule has 0 aliphatic heterocycles. The highest BCUT2D eigenvalue weighted by atomic mass is 32.2. The highest BCUT2D eigenvalue weighted by Crippen LogP contribution is 2.29. The Hall–Kier alpha value is -2.70. The number of ether oxygens (including phenoxy) is 1. The van der Waals surface area contributed by atoms with Crippen molar-refractivity contribution in [2.24, 2.45) is 0 Å². The van der Waals surface area contributed by atoms with E-state index in [0.29, 0.717) is 16.2 Å². The van der Waals surface area contributed by atoms with E-state index >= 15 is 0 Å². The van der Waals surface area contributed by atoms with Crippen LogP contribution in [0.5, 0.6) is 5.75 Å². The molecule has 3 aromatic rings. The fraction of sp³-hybridized carbons (Fsp3) is 0.130. The number of methoxy groups -OCH3 is 1. The summed E-state index contributed by atoms with van der Waals surface area (Å²) in [6, 6.07) is 20.7. The molecule has 150 valence electrons. The smallest absolute Gasteiger partial charge is 0.201 e. The summed E-state index contributed by atoms with van der Waals surface area (Å²) in [5, 5.41) is 1.11. The van der Waals surface area contributed by atoms with Crippen LogP contribution in [0.2, 0.25) is 0 Å². The number of benzene rings is 3. The van der Waals surface area contributed by atoms with Crippen LogP contribution >= 0.6 is 0 Å². The molecule has 0 bridgehead atoms. The van der Waals surface area contributed by atoms with E-state index in [0.717, 1.165) is 16.5 Å². The minimum absolute atomic E-state index is 0.162. The van der Waals surface area contributed by atoms with Gasteiger partial charge in [-0.05, 0) is 55.8 Å². The molecule has 0 N–H and O–H groups in total. The van der Waals surface area contributed by atoms with Crippen molar-refractivity contribution in [1.82, 2.24) is 0 Å². The molecule has 0 aliphatic rings. The van der Waals surface area contributed by atoms with E-state index in [9.17, 15) is 12.6 Å². The second-order valence-corrected chi connectivity index (χ2v) is 9.90. The summed E-state index contributed by atoms with van der Waals surface area (Å²) < 4.78 is 44.5. The predicted molar refractivity (Wildman–Crippen MR) is 117 cm³/mol. The van der Waals surface area contributed by atoms with Gasteiger partial charge in [-0.15, -0.1) is 0 Å². The number of aryl methyl sites for hydroxylation is 2. The van der Waals surface area contributed by atoms with Crippen LogP contribution in [0.25, 0.3) is 4.91 Å². The van der Waals surface area contributed by atoms with Gasteiger partial charge in [0, 0.05) is 4.90 Å². The molecule has 0 amide bonds. The summed E-state index contributed by atoms with van der Waals surface area (Å²) in [5.41, 5.74) is 2.56. The second-order valence-electron chi connectivity index (χ2n) is 6.65. The first-order valence-electron chi connectivity index (χ1n) is 8.96. The molecule has 3 rings (SSSR count). The molecule has 0 aromatic heterocycles. The van der Waals surface area contributed by atoms with Gasteiger partial charge in [-0.1, -0.05) is 47.5 Å². The van der Waals surface area contributed by atoms with Gasteiger partial charge in [-0.25, -0.2) is 12.6 Å². The first-order valence-corrected chi connectivity index (χ1v) is 11.7. The minimum atomic E-state index is -3.79. The lowest BCUT2D eigenvalue weighted by atomic mass is 10.2. The molecule has 0 radical (unpaired) electrons. The molecule has 0 heterocycles. The Morgan fingerprint density at radius 3 is 1.86 bits per heavy atom. The Balaban J connectivity index is 2.13. The number of hydrogen-bond acceptors (Lipinski definition) is 4. The van der Waals surface area contributed by atoms with Crippen molar-refractivity contribution < 1.29 is 17.4 Å². The van der Waals surface area contributed by atoms with Crippen molar-refractivity contribution in [3.8, 4) is 5.75 Å². The monoisotopic (exact) mass is 426 g/mol. The predicted octanol–water partition coefficient (Wildman–Crippen LogP) is 4.89. The minimum Gasteiger partial charge on any atom is -0.497 e. The largest absolute Gasteiger partial charge is 0.497 e. The topological polar surface area (TPSA) is 60.4 Å². The highest BCUT2D eigenvalue weighted by molar-refractivity contribution is 7.99.